The van der Waals surface area contributed by atoms with Gasteiger partial charge in [0.05, 0.1) is 4.92 Å². The molecule has 0 bridgehead atoms. The van der Waals surface area contributed by atoms with Gasteiger partial charge in [0.15, 0.2) is 0 Å². The van der Waals surface area contributed by atoms with Gasteiger partial charge >= 0.3 is 12.1 Å². The topological polar surface area (TPSA) is 157 Å². The number of aromatic nitrogens is 3. The zero-order chi connectivity index (χ0) is 29.1. The number of non-ortho nitro benzene ring substituents is 1. The summed E-state index contributed by atoms with van der Waals surface area (Å²) in [6.07, 6.45) is 3.70. The van der Waals surface area contributed by atoms with Gasteiger partial charge in [0.25, 0.3) is 12.5 Å². The van der Waals surface area contributed by atoms with Crippen LogP contribution in [0.15, 0.2) is 42.5 Å². The van der Waals surface area contributed by atoms with Crippen molar-refractivity contribution < 1.29 is 33.6 Å². The smallest absolute Gasteiger partial charge is 0.408 e. The number of nitro benzene ring substituents is 1. The molecule has 13 nitrogen and oxygen atoms in total. The molecule has 5 rings (SSSR count). The van der Waals surface area contributed by atoms with Crippen LogP contribution in [0.4, 0.5) is 10.5 Å². The summed E-state index contributed by atoms with van der Waals surface area (Å²) in [5.74, 6) is 0.843. The Morgan fingerprint density at radius 2 is 1.78 bits per heavy atom. The van der Waals surface area contributed by atoms with Gasteiger partial charge in [-0.25, -0.2) is 9.59 Å². The van der Waals surface area contributed by atoms with Crippen LogP contribution < -0.4 is 14.9 Å². The maximum absolute atomic E-state index is 13.2. The lowest BCUT2D eigenvalue weighted by Gasteiger charge is -2.25. The summed E-state index contributed by atoms with van der Waals surface area (Å²) in [6, 6.07) is 10.2. The second-order valence-electron chi connectivity index (χ2n) is 11.4. The van der Waals surface area contributed by atoms with Gasteiger partial charge in [-0.05, 0) is 87.3 Å². The molecule has 13 heteroatoms. The standard InChI is InChI=1S/C28H33N5O8/c1-28(2,3)41-27(35)29-23(26(34)40-25(18-6-7-18)19-8-9-19)14-17-4-11-21(12-5-17)38-16-39-32-24-15-20(33(36)37)10-13-22(24)30-31-32/h4-5,10-13,15,18-19,23,25H,6-9,14,16H2,1-3H3,(H,29,35)/t23-/m0/s1. The number of carbonyl (C=O) groups is 2. The molecule has 2 aliphatic rings. The molecule has 41 heavy (non-hydrogen) atoms. The van der Waals surface area contributed by atoms with Crippen LogP contribution >= 0.6 is 0 Å². The number of hydrogen-bond acceptors (Lipinski definition) is 10. The van der Waals surface area contributed by atoms with E-state index in [0.29, 0.717) is 28.6 Å². The molecule has 2 fully saturated rings. The Morgan fingerprint density at radius 1 is 1.10 bits per heavy atom. The largest absolute Gasteiger partial charge is 0.460 e. The minimum atomic E-state index is -0.912. The Bertz CT molecular complexity index is 1400. The highest BCUT2D eigenvalue weighted by Gasteiger charge is 2.45. The number of hydrogen-bond donors (Lipinski definition) is 1. The fourth-order valence-corrected chi connectivity index (χ4v) is 4.48. The second-order valence-corrected chi connectivity index (χ2v) is 11.4. The van der Waals surface area contributed by atoms with Crippen LogP contribution in [0.1, 0.15) is 52.0 Å². The van der Waals surface area contributed by atoms with Crippen LogP contribution in [-0.4, -0.2) is 56.7 Å². The maximum atomic E-state index is 13.2. The van der Waals surface area contributed by atoms with Gasteiger partial charge in [-0.15, -0.1) is 5.10 Å². The first-order valence-corrected chi connectivity index (χ1v) is 13.6. The normalized spacial score (nSPS) is 15.8. The van der Waals surface area contributed by atoms with E-state index in [0.717, 1.165) is 36.1 Å². The molecule has 1 aromatic heterocycles. The van der Waals surface area contributed by atoms with Crippen molar-refractivity contribution in [2.75, 3.05) is 6.79 Å². The van der Waals surface area contributed by atoms with Crippen molar-refractivity contribution in [3.05, 3.63) is 58.1 Å². The Labute approximate surface area is 236 Å². The summed E-state index contributed by atoms with van der Waals surface area (Å²) in [7, 11) is 0. The van der Waals surface area contributed by atoms with E-state index in [1.165, 1.54) is 18.2 Å². The first-order chi connectivity index (χ1) is 19.6. The predicted octanol–water partition coefficient (Wildman–Crippen LogP) is 3.97. The molecule has 3 aromatic rings. The van der Waals surface area contributed by atoms with E-state index >= 15 is 0 Å². The van der Waals surface area contributed by atoms with E-state index in [9.17, 15) is 19.7 Å². The molecule has 1 heterocycles. The summed E-state index contributed by atoms with van der Waals surface area (Å²) < 4.78 is 16.9. The fraction of sp³-hybridized carbons (Fsp3) is 0.500. The molecule has 2 saturated carbocycles. The Hall–Kier alpha value is -4.42. The molecule has 2 aromatic carbocycles. The van der Waals surface area contributed by atoms with Gasteiger partial charge in [0.1, 0.15) is 34.5 Å². The number of nitrogens with one attached hydrogen (secondary N) is 1. The van der Waals surface area contributed by atoms with Crippen molar-refractivity contribution >= 4 is 28.8 Å². The van der Waals surface area contributed by atoms with E-state index in [4.69, 9.17) is 19.0 Å². The van der Waals surface area contributed by atoms with Crippen LogP contribution in [0.3, 0.4) is 0 Å². The number of fused-ring (bicyclic) bond motifs is 1. The average molecular weight is 568 g/mol. The monoisotopic (exact) mass is 567 g/mol. The molecule has 218 valence electrons. The third kappa shape index (κ3) is 7.62. The molecule has 1 amide bonds. The lowest BCUT2D eigenvalue weighted by molar-refractivity contribution is -0.384. The Morgan fingerprint density at radius 3 is 2.39 bits per heavy atom. The predicted molar refractivity (Wildman–Crippen MR) is 145 cm³/mol. The van der Waals surface area contributed by atoms with Gasteiger partial charge in [0, 0.05) is 18.6 Å². The molecular formula is C28H33N5O8. The number of carbonyl (C=O) groups excluding carboxylic acids is 2. The number of amides is 1. The van der Waals surface area contributed by atoms with Gasteiger partial charge in [0.2, 0.25) is 0 Å². The van der Waals surface area contributed by atoms with Gasteiger partial charge < -0.3 is 24.4 Å². The zero-order valence-electron chi connectivity index (χ0n) is 23.1. The number of nitro groups is 1. The third-order valence-corrected chi connectivity index (χ3v) is 6.77. The maximum Gasteiger partial charge on any atom is 0.408 e. The summed E-state index contributed by atoms with van der Waals surface area (Å²) in [4.78, 5) is 42.8. The van der Waals surface area contributed by atoms with E-state index < -0.39 is 28.6 Å². The molecule has 0 aliphatic heterocycles. The quantitative estimate of drug-likeness (QED) is 0.147. The Kier molecular flexibility index (Phi) is 7.95. The minimum Gasteiger partial charge on any atom is -0.460 e. The fourth-order valence-electron chi connectivity index (χ4n) is 4.48. The first kappa shape index (κ1) is 28.1. The average Bonchev–Trinajstić information content (AvgIpc) is 3.85. The van der Waals surface area contributed by atoms with Crippen molar-refractivity contribution in [3.63, 3.8) is 0 Å². The van der Waals surface area contributed by atoms with E-state index in [1.54, 1.807) is 45.0 Å². The van der Waals surface area contributed by atoms with Crippen LogP contribution in [0, 0.1) is 22.0 Å². The lowest BCUT2D eigenvalue weighted by atomic mass is 10.1. The van der Waals surface area contributed by atoms with Crippen molar-refractivity contribution in [3.8, 4) is 5.75 Å². The number of alkyl carbamates (subject to hydrolysis) is 1. The minimum absolute atomic E-state index is 0.0885. The third-order valence-electron chi connectivity index (χ3n) is 6.77. The first-order valence-electron chi connectivity index (χ1n) is 13.6. The molecule has 1 N–H and O–H groups in total. The van der Waals surface area contributed by atoms with Crippen LogP contribution in [0.25, 0.3) is 11.0 Å². The molecule has 2 aliphatic carbocycles. The zero-order valence-corrected chi connectivity index (χ0v) is 23.1. The summed E-state index contributed by atoms with van der Waals surface area (Å²) >= 11 is 0. The van der Waals surface area contributed by atoms with Crippen LogP contribution in [0.2, 0.25) is 0 Å². The number of ether oxygens (including phenoxy) is 3. The molecular weight excluding hydrogens is 534 g/mol. The highest BCUT2D eigenvalue weighted by atomic mass is 16.8. The summed E-state index contributed by atoms with van der Waals surface area (Å²) in [6.45, 7) is 5.04. The van der Waals surface area contributed by atoms with Crippen LogP contribution in [-0.2, 0) is 20.7 Å². The highest BCUT2D eigenvalue weighted by Crippen LogP contribution is 2.46. The van der Waals surface area contributed by atoms with Crippen molar-refractivity contribution in [1.29, 1.82) is 0 Å². The molecule has 1 atom stereocenters. The number of esters is 1. The molecule has 0 saturated heterocycles. The van der Waals surface area contributed by atoms with Crippen LogP contribution in [0.5, 0.6) is 5.75 Å². The van der Waals surface area contributed by atoms with Gasteiger partial charge in [-0.1, -0.05) is 17.0 Å². The van der Waals surface area contributed by atoms with Crippen molar-refractivity contribution in [1.82, 2.24) is 20.5 Å². The van der Waals surface area contributed by atoms with Gasteiger partial charge in [-0.3, -0.25) is 10.1 Å². The molecule has 0 radical (unpaired) electrons. The van der Waals surface area contributed by atoms with E-state index in [-0.39, 0.29) is 25.0 Å². The molecule has 0 spiro atoms. The van der Waals surface area contributed by atoms with E-state index in [2.05, 4.69) is 15.6 Å². The Balaban J connectivity index is 1.19. The summed E-state index contributed by atoms with van der Waals surface area (Å²) in [5, 5.41) is 21.5. The SMILES string of the molecule is CC(C)(C)OC(=O)N[C@@H](Cc1ccc(OCOn2nnc3ccc([N+](=O)[O-])cc32)cc1)C(=O)OC(C1CC1)C1CC1. The van der Waals surface area contributed by atoms with Gasteiger partial charge in [-0.2, -0.15) is 0 Å². The highest BCUT2D eigenvalue weighted by molar-refractivity contribution is 5.82. The lowest BCUT2D eigenvalue weighted by Crippen LogP contribution is -2.46. The molecule has 0 unspecified atom stereocenters. The van der Waals surface area contributed by atoms with Crippen molar-refractivity contribution in [2.45, 2.75) is 70.6 Å². The van der Waals surface area contributed by atoms with E-state index in [1.807, 2.05) is 0 Å². The number of benzene rings is 2. The second kappa shape index (κ2) is 11.6. The summed E-state index contributed by atoms with van der Waals surface area (Å²) in [5.41, 5.74) is 0.727. The number of rotatable bonds is 12. The van der Waals surface area contributed by atoms with Crippen molar-refractivity contribution in [2.24, 2.45) is 11.8 Å². The number of nitrogens with zero attached hydrogens (tertiary/aromatic N) is 4.